The first-order valence-corrected chi connectivity index (χ1v) is 12.5. The molecule has 0 fully saturated rings. The molecule has 8 heteroatoms. The molecule has 0 radical (unpaired) electrons. The van der Waals surface area contributed by atoms with Crippen LogP contribution in [0.5, 0.6) is 5.75 Å². The van der Waals surface area contributed by atoms with E-state index in [2.05, 4.69) is 15.2 Å². The van der Waals surface area contributed by atoms with Crippen molar-refractivity contribution in [1.82, 2.24) is 9.88 Å². The molecule has 4 aromatic rings. The van der Waals surface area contributed by atoms with Gasteiger partial charge in [-0.3, -0.25) is 9.88 Å². The number of benzene rings is 3. The number of rotatable bonds is 11. The number of methoxy groups -OCH3 is 1. The van der Waals surface area contributed by atoms with Crippen molar-refractivity contribution in [2.75, 3.05) is 25.5 Å². The highest BCUT2D eigenvalue weighted by Crippen LogP contribution is 2.33. The number of alkyl halides is 3. The van der Waals surface area contributed by atoms with Crippen molar-refractivity contribution in [2.24, 2.45) is 0 Å². The Bertz CT molecular complexity index is 1320. The molecule has 4 nitrogen and oxygen atoms in total. The van der Waals surface area contributed by atoms with Crippen molar-refractivity contribution in [3.05, 3.63) is 101 Å². The first kappa shape index (κ1) is 26.8. The van der Waals surface area contributed by atoms with Crippen molar-refractivity contribution >= 4 is 28.2 Å². The lowest BCUT2D eigenvalue weighted by atomic mass is 10.1. The second-order valence-electron chi connectivity index (χ2n) is 8.87. The van der Waals surface area contributed by atoms with Gasteiger partial charge in [0.2, 0.25) is 0 Å². The SMILES string of the molecule is COc1ccc(C(F)(F)F)cc1CN(CCCCNc1ccnc2cc(Cl)ccc12)Cc1ccccc1. The molecule has 1 heterocycles. The van der Waals surface area contributed by atoms with Gasteiger partial charge in [0.15, 0.2) is 0 Å². The number of fused-ring (bicyclic) bond motifs is 1. The van der Waals surface area contributed by atoms with Gasteiger partial charge in [0.25, 0.3) is 0 Å². The molecule has 0 saturated heterocycles. The molecule has 0 atom stereocenters. The third kappa shape index (κ3) is 7.37. The largest absolute Gasteiger partial charge is 0.496 e. The first-order valence-electron chi connectivity index (χ1n) is 12.1. The fourth-order valence-corrected chi connectivity index (χ4v) is 4.50. The minimum absolute atomic E-state index is 0.352. The molecule has 0 aliphatic rings. The van der Waals surface area contributed by atoms with Crippen LogP contribution in [0.2, 0.25) is 5.02 Å². The number of nitrogens with one attached hydrogen (secondary N) is 1. The predicted octanol–water partition coefficient (Wildman–Crippen LogP) is 7.81. The fraction of sp³-hybridized carbons (Fsp3) is 0.276. The van der Waals surface area contributed by atoms with Crippen LogP contribution in [-0.4, -0.2) is 30.1 Å². The van der Waals surface area contributed by atoms with Crippen molar-refractivity contribution < 1.29 is 17.9 Å². The van der Waals surface area contributed by atoms with Gasteiger partial charge < -0.3 is 10.1 Å². The standard InChI is InChI=1S/C29H29ClF3N3O/c1-37-28-12-9-23(29(31,32)33)17-22(28)20-36(19-21-7-3-2-4-8-21)16-6-5-14-34-26-13-15-35-27-18-24(30)10-11-25(26)27/h2-4,7-13,15,17-18H,5-6,14,16,19-20H2,1H3,(H,34,35). The van der Waals surface area contributed by atoms with Crippen LogP contribution in [0.15, 0.2) is 79.0 Å². The van der Waals surface area contributed by atoms with Crippen LogP contribution in [0.3, 0.4) is 0 Å². The minimum atomic E-state index is -4.40. The summed E-state index contributed by atoms with van der Waals surface area (Å²) in [6.07, 6.45) is -0.886. The van der Waals surface area contributed by atoms with E-state index in [1.54, 1.807) is 6.20 Å². The van der Waals surface area contributed by atoms with Gasteiger partial charge in [-0.15, -0.1) is 0 Å². The summed E-state index contributed by atoms with van der Waals surface area (Å²) in [5.41, 5.74) is 2.79. The lowest BCUT2D eigenvalue weighted by Crippen LogP contribution is -2.25. The molecule has 0 aliphatic carbocycles. The molecule has 4 rings (SSSR count). The van der Waals surface area contributed by atoms with Crippen molar-refractivity contribution in [2.45, 2.75) is 32.1 Å². The Morgan fingerprint density at radius 3 is 2.51 bits per heavy atom. The molecule has 0 spiro atoms. The summed E-state index contributed by atoms with van der Waals surface area (Å²) in [5.74, 6) is 0.456. The fourth-order valence-electron chi connectivity index (χ4n) is 4.33. The smallest absolute Gasteiger partial charge is 0.416 e. The highest BCUT2D eigenvalue weighted by Gasteiger charge is 2.31. The molecule has 0 saturated carbocycles. The molecule has 194 valence electrons. The van der Waals surface area contributed by atoms with Crippen molar-refractivity contribution in [3.63, 3.8) is 0 Å². The Hall–Kier alpha value is -3.29. The summed E-state index contributed by atoms with van der Waals surface area (Å²) in [6.45, 7) is 2.46. The topological polar surface area (TPSA) is 37.4 Å². The van der Waals surface area contributed by atoms with Crippen LogP contribution in [0.1, 0.15) is 29.5 Å². The van der Waals surface area contributed by atoms with E-state index in [1.165, 1.54) is 19.2 Å². The van der Waals surface area contributed by atoms with E-state index >= 15 is 0 Å². The number of unbranched alkanes of at least 4 members (excludes halogenated alkanes) is 1. The van der Waals surface area contributed by atoms with Crippen molar-refractivity contribution in [1.29, 1.82) is 0 Å². The summed E-state index contributed by atoms with van der Waals surface area (Å²) >= 11 is 6.08. The Balaban J connectivity index is 1.41. The van der Waals surface area contributed by atoms with Crippen LogP contribution in [0.4, 0.5) is 18.9 Å². The summed E-state index contributed by atoms with van der Waals surface area (Å²) in [4.78, 5) is 6.54. The minimum Gasteiger partial charge on any atom is -0.496 e. The van der Waals surface area contributed by atoms with Crippen LogP contribution in [0, 0.1) is 0 Å². The number of pyridine rings is 1. The third-order valence-electron chi connectivity index (χ3n) is 6.17. The molecular formula is C29H29ClF3N3O. The van der Waals surface area contributed by atoms with Gasteiger partial charge >= 0.3 is 6.18 Å². The molecule has 0 bridgehead atoms. The maximum atomic E-state index is 13.4. The van der Waals surface area contributed by atoms with Gasteiger partial charge in [-0.25, -0.2) is 0 Å². The summed E-state index contributed by atoms with van der Waals surface area (Å²) in [5, 5.41) is 5.13. The quantitative estimate of drug-likeness (QED) is 0.202. The Kier molecular flexibility index (Phi) is 8.90. The van der Waals surface area contributed by atoms with Gasteiger partial charge in [-0.2, -0.15) is 13.2 Å². The first-order chi connectivity index (χ1) is 17.8. The average Bonchev–Trinajstić information content (AvgIpc) is 2.88. The second kappa shape index (κ2) is 12.3. The maximum absolute atomic E-state index is 13.4. The zero-order chi connectivity index (χ0) is 26.3. The van der Waals surface area contributed by atoms with Gasteiger partial charge in [0.05, 0.1) is 18.2 Å². The average molecular weight is 528 g/mol. The van der Waals surface area contributed by atoms with E-state index in [0.29, 0.717) is 29.4 Å². The van der Waals surface area contributed by atoms with E-state index < -0.39 is 11.7 Å². The van der Waals surface area contributed by atoms with Gasteiger partial charge in [-0.05, 0) is 67.4 Å². The highest BCUT2D eigenvalue weighted by atomic mass is 35.5. The van der Waals surface area contributed by atoms with Gasteiger partial charge in [0, 0.05) is 47.5 Å². The van der Waals surface area contributed by atoms with Gasteiger partial charge in [0.1, 0.15) is 5.75 Å². The Labute approximate surface area is 220 Å². The van der Waals surface area contributed by atoms with Crippen molar-refractivity contribution in [3.8, 4) is 5.75 Å². The molecule has 1 N–H and O–H groups in total. The van der Waals surface area contributed by atoms with E-state index in [9.17, 15) is 13.2 Å². The summed E-state index contributed by atoms with van der Waals surface area (Å²) in [6, 6.07) is 21.2. The van der Waals surface area contributed by atoms with E-state index in [0.717, 1.165) is 54.2 Å². The number of ether oxygens (including phenoxy) is 1. The number of aromatic nitrogens is 1. The van der Waals surface area contributed by atoms with Crippen LogP contribution < -0.4 is 10.1 Å². The monoisotopic (exact) mass is 527 g/mol. The summed E-state index contributed by atoms with van der Waals surface area (Å²) in [7, 11) is 1.48. The zero-order valence-electron chi connectivity index (χ0n) is 20.6. The van der Waals surface area contributed by atoms with Crippen LogP contribution in [-0.2, 0) is 19.3 Å². The molecule has 0 aliphatic heterocycles. The molecule has 0 unspecified atom stereocenters. The predicted molar refractivity (Wildman–Crippen MR) is 143 cm³/mol. The highest BCUT2D eigenvalue weighted by molar-refractivity contribution is 6.31. The number of hydrogen-bond donors (Lipinski definition) is 1. The second-order valence-corrected chi connectivity index (χ2v) is 9.31. The number of halogens is 4. The number of hydrogen-bond acceptors (Lipinski definition) is 4. The van der Waals surface area contributed by atoms with E-state index in [-0.39, 0.29) is 0 Å². The third-order valence-corrected chi connectivity index (χ3v) is 6.41. The Morgan fingerprint density at radius 1 is 0.946 bits per heavy atom. The lowest BCUT2D eigenvalue weighted by Gasteiger charge is -2.24. The number of nitrogens with zero attached hydrogens (tertiary/aromatic N) is 2. The molecule has 0 amide bonds. The normalized spacial score (nSPS) is 11.7. The zero-order valence-corrected chi connectivity index (χ0v) is 21.3. The molecule has 1 aromatic heterocycles. The molecule has 37 heavy (non-hydrogen) atoms. The van der Waals surface area contributed by atoms with Crippen LogP contribution in [0.25, 0.3) is 10.9 Å². The maximum Gasteiger partial charge on any atom is 0.416 e. The van der Waals surface area contributed by atoms with E-state index in [4.69, 9.17) is 16.3 Å². The molecule has 3 aromatic carbocycles. The van der Waals surface area contributed by atoms with Crippen LogP contribution >= 0.6 is 11.6 Å². The van der Waals surface area contributed by atoms with Gasteiger partial charge in [-0.1, -0.05) is 41.9 Å². The summed E-state index contributed by atoms with van der Waals surface area (Å²) < 4.78 is 45.5. The molecular weight excluding hydrogens is 499 g/mol. The number of anilines is 1. The lowest BCUT2D eigenvalue weighted by molar-refractivity contribution is -0.137. The Morgan fingerprint density at radius 2 is 1.76 bits per heavy atom. The van der Waals surface area contributed by atoms with E-state index in [1.807, 2.05) is 54.6 Å².